The van der Waals surface area contributed by atoms with E-state index in [1.54, 1.807) is 0 Å². The van der Waals surface area contributed by atoms with Crippen molar-refractivity contribution in [1.82, 2.24) is 19.8 Å². The topological polar surface area (TPSA) is 76.5 Å². The van der Waals surface area contributed by atoms with E-state index in [4.69, 9.17) is 4.74 Å². The summed E-state index contributed by atoms with van der Waals surface area (Å²) in [7, 11) is 3.38. The SMILES string of the molecule is COCC(=O)NCc1nc2ccccc2n1CC(=O)N(C)C1CCCCC1. The molecule has 0 saturated heterocycles. The zero-order valence-corrected chi connectivity index (χ0v) is 16.1. The Labute approximate surface area is 159 Å². The normalized spacial score (nSPS) is 15.0. The Kier molecular flexibility index (Phi) is 6.45. The largest absolute Gasteiger partial charge is 0.375 e. The number of aromatic nitrogens is 2. The molecule has 0 bridgehead atoms. The number of carbonyl (C=O) groups excluding carboxylic acids is 2. The molecule has 1 fully saturated rings. The van der Waals surface area contributed by atoms with Gasteiger partial charge >= 0.3 is 0 Å². The lowest BCUT2D eigenvalue weighted by molar-refractivity contribution is -0.133. The highest BCUT2D eigenvalue weighted by Crippen LogP contribution is 2.22. The molecular weight excluding hydrogens is 344 g/mol. The summed E-state index contributed by atoms with van der Waals surface area (Å²) in [5, 5.41) is 2.79. The highest BCUT2D eigenvalue weighted by atomic mass is 16.5. The second kappa shape index (κ2) is 8.99. The molecule has 0 unspecified atom stereocenters. The van der Waals surface area contributed by atoms with Gasteiger partial charge in [-0.3, -0.25) is 9.59 Å². The third-order valence-electron chi connectivity index (χ3n) is 5.26. The Morgan fingerprint density at radius 2 is 2.00 bits per heavy atom. The summed E-state index contributed by atoms with van der Waals surface area (Å²) in [5.74, 6) is 0.544. The Morgan fingerprint density at radius 3 is 2.74 bits per heavy atom. The van der Waals surface area contributed by atoms with Crippen molar-refractivity contribution in [3.8, 4) is 0 Å². The number of para-hydroxylation sites is 2. The van der Waals surface area contributed by atoms with Gasteiger partial charge in [0.15, 0.2) is 0 Å². The molecule has 2 amide bonds. The molecule has 0 aliphatic heterocycles. The van der Waals surface area contributed by atoms with Crippen molar-refractivity contribution in [2.75, 3.05) is 20.8 Å². The van der Waals surface area contributed by atoms with Crippen LogP contribution in [0.25, 0.3) is 11.0 Å². The summed E-state index contributed by atoms with van der Waals surface area (Å²) >= 11 is 0. The predicted octanol–water partition coefficient (Wildman–Crippen LogP) is 2.09. The number of rotatable bonds is 7. The lowest BCUT2D eigenvalue weighted by Crippen LogP contribution is -2.40. The molecule has 3 rings (SSSR count). The Bertz CT molecular complexity index is 796. The number of hydrogen-bond acceptors (Lipinski definition) is 4. The van der Waals surface area contributed by atoms with Gasteiger partial charge in [-0.05, 0) is 25.0 Å². The van der Waals surface area contributed by atoms with Crippen LogP contribution in [0.5, 0.6) is 0 Å². The van der Waals surface area contributed by atoms with E-state index in [1.807, 2.05) is 40.8 Å². The van der Waals surface area contributed by atoms with Crippen LogP contribution in [0.1, 0.15) is 37.9 Å². The molecule has 2 aromatic rings. The van der Waals surface area contributed by atoms with Gasteiger partial charge in [0, 0.05) is 20.2 Å². The molecule has 1 saturated carbocycles. The molecule has 7 heteroatoms. The maximum absolute atomic E-state index is 12.9. The molecule has 1 heterocycles. The van der Waals surface area contributed by atoms with Gasteiger partial charge in [-0.2, -0.15) is 0 Å². The zero-order valence-electron chi connectivity index (χ0n) is 16.1. The first-order chi connectivity index (χ1) is 13.1. The first kappa shape index (κ1) is 19.4. The van der Waals surface area contributed by atoms with E-state index in [1.165, 1.54) is 26.4 Å². The number of methoxy groups -OCH3 is 1. The molecule has 27 heavy (non-hydrogen) atoms. The van der Waals surface area contributed by atoms with Gasteiger partial charge in [0.05, 0.1) is 17.6 Å². The van der Waals surface area contributed by atoms with E-state index in [2.05, 4.69) is 10.3 Å². The van der Waals surface area contributed by atoms with Crippen LogP contribution >= 0.6 is 0 Å². The first-order valence-corrected chi connectivity index (χ1v) is 9.55. The maximum atomic E-state index is 12.9. The summed E-state index contributed by atoms with van der Waals surface area (Å²) in [5.41, 5.74) is 1.72. The van der Waals surface area contributed by atoms with Crippen molar-refractivity contribution in [3.63, 3.8) is 0 Å². The van der Waals surface area contributed by atoms with Gasteiger partial charge in [0.2, 0.25) is 11.8 Å². The molecule has 146 valence electrons. The Hall–Kier alpha value is -2.41. The number of ether oxygens (including phenoxy) is 1. The van der Waals surface area contributed by atoms with Crippen LogP contribution in [0.2, 0.25) is 0 Å². The van der Waals surface area contributed by atoms with Crippen molar-refractivity contribution in [3.05, 3.63) is 30.1 Å². The quantitative estimate of drug-likeness (QED) is 0.807. The van der Waals surface area contributed by atoms with E-state index < -0.39 is 0 Å². The monoisotopic (exact) mass is 372 g/mol. The summed E-state index contributed by atoms with van der Waals surface area (Å²) in [6.07, 6.45) is 5.79. The van der Waals surface area contributed by atoms with Gasteiger partial charge in [-0.1, -0.05) is 31.4 Å². The van der Waals surface area contributed by atoms with E-state index >= 15 is 0 Å². The van der Waals surface area contributed by atoms with Crippen LogP contribution in [0.15, 0.2) is 24.3 Å². The minimum Gasteiger partial charge on any atom is -0.375 e. The van der Waals surface area contributed by atoms with E-state index in [-0.39, 0.29) is 31.5 Å². The van der Waals surface area contributed by atoms with Gasteiger partial charge in [-0.25, -0.2) is 4.98 Å². The molecule has 1 aromatic heterocycles. The number of hydrogen-bond donors (Lipinski definition) is 1. The fourth-order valence-corrected chi connectivity index (χ4v) is 3.72. The number of amides is 2. The van der Waals surface area contributed by atoms with Gasteiger partial charge in [-0.15, -0.1) is 0 Å². The summed E-state index contributed by atoms with van der Waals surface area (Å²) in [6.45, 7) is 0.490. The summed E-state index contributed by atoms with van der Waals surface area (Å²) < 4.78 is 6.75. The highest BCUT2D eigenvalue weighted by Gasteiger charge is 2.23. The molecular formula is C20H28N4O3. The number of likely N-dealkylation sites (N-methyl/N-ethyl adjacent to an activating group) is 1. The summed E-state index contributed by atoms with van der Waals surface area (Å²) in [4.78, 5) is 31.1. The van der Waals surface area contributed by atoms with Gasteiger partial charge in [0.25, 0.3) is 0 Å². The fraction of sp³-hybridized carbons (Fsp3) is 0.550. The molecule has 1 aliphatic rings. The number of nitrogens with one attached hydrogen (secondary N) is 1. The van der Waals surface area contributed by atoms with Crippen molar-refractivity contribution < 1.29 is 14.3 Å². The third-order valence-corrected chi connectivity index (χ3v) is 5.26. The van der Waals surface area contributed by atoms with Gasteiger partial charge < -0.3 is 19.5 Å². The number of fused-ring (bicyclic) bond motifs is 1. The van der Waals surface area contributed by atoms with Crippen LogP contribution in [-0.4, -0.2) is 53.1 Å². The van der Waals surface area contributed by atoms with Crippen molar-refractivity contribution in [2.45, 2.75) is 51.2 Å². The van der Waals surface area contributed by atoms with E-state index in [9.17, 15) is 9.59 Å². The maximum Gasteiger partial charge on any atom is 0.246 e. The molecule has 0 spiro atoms. The second-order valence-electron chi connectivity index (χ2n) is 7.11. The molecule has 1 aliphatic carbocycles. The summed E-state index contributed by atoms with van der Waals surface area (Å²) in [6, 6.07) is 8.05. The smallest absolute Gasteiger partial charge is 0.246 e. The lowest BCUT2D eigenvalue weighted by atomic mass is 9.94. The average Bonchev–Trinajstić information content (AvgIpc) is 3.04. The number of carbonyl (C=O) groups is 2. The van der Waals surface area contributed by atoms with E-state index in [0.29, 0.717) is 11.9 Å². The minimum absolute atomic E-state index is 0.00355. The minimum atomic E-state index is -0.207. The highest BCUT2D eigenvalue weighted by molar-refractivity contribution is 5.81. The predicted molar refractivity (Wildman–Crippen MR) is 103 cm³/mol. The van der Waals surface area contributed by atoms with Crippen molar-refractivity contribution in [2.24, 2.45) is 0 Å². The Morgan fingerprint density at radius 1 is 1.26 bits per heavy atom. The molecule has 0 atom stereocenters. The lowest BCUT2D eigenvalue weighted by Gasteiger charge is -2.31. The van der Waals surface area contributed by atoms with Crippen LogP contribution < -0.4 is 5.32 Å². The molecule has 1 aromatic carbocycles. The van der Waals surface area contributed by atoms with Crippen LogP contribution in [-0.2, 0) is 27.4 Å². The van der Waals surface area contributed by atoms with Gasteiger partial charge in [0.1, 0.15) is 19.0 Å². The Balaban J connectivity index is 1.77. The third kappa shape index (κ3) is 4.66. The fourth-order valence-electron chi connectivity index (χ4n) is 3.72. The molecule has 7 nitrogen and oxygen atoms in total. The second-order valence-corrected chi connectivity index (χ2v) is 7.11. The van der Waals surface area contributed by atoms with Crippen LogP contribution in [0, 0.1) is 0 Å². The number of nitrogens with zero attached hydrogens (tertiary/aromatic N) is 3. The average molecular weight is 372 g/mol. The zero-order chi connectivity index (χ0) is 19.2. The number of imidazole rings is 1. The van der Waals surface area contributed by atoms with Crippen molar-refractivity contribution >= 4 is 22.8 Å². The number of benzene rings is 1. The van der Waals surface area contributed by atoms with Crippen molar-refractivity contribution in [1.29, 1.82) is 0 Å². The molecule has 1 N–H and O–H groups in total. The molecule has 0 radical (unpaired) electrons. The standard InChI is InChI=1S/C20H28N4O3/c1-23(15-8-4-3-5-9-15)20(26)13-24-17-11-7-6-10-16(17)22-18(24)12-21-19(25)14-27-2/h6-7,10-11,15H,3-5,8-9,12-14H2,1-2H3,(H,21,25). The first-order valence-electron chi connectivity index (χ1n) is 9.55. The van der Waals surface area contributed by atoms with Crippen LogP contribution in [0.3, 0.4) is 0 Å². The van der Waals surface area contributed by atoms with E-state index in [0.717, 1.165) is 23.9 Å². The van der Waals surface area contributed by atoms with Crippen LogP contribution in [0.4, 0.5) is 0 Å².